The number of rotatable bonds is 4. The van der Waals surface area contributed by atoms with E-state index < -0.39 is 0 Å². The van der Waals surface area contributed by atoms with Crippen molar-refractivity contribution in [2.75, 3.05) is 11.2 Å². The molecule has 1 aromatic heterocycles. The van der Waals surface area contributed by atoms with Crippen LogP contribution in [0.1, 0.15) is 31.9 Å². The molecule has 1 fully saturated rings. The molecule has 2 nitrogen and oxygen atoms in total. The van der Waals surface area contributed by atoms with E-state index in [0.717, 1.165) is 17.4 Å². The van der Waals surface area contributed by atoms with Crippen molar-refractivity contribution in [3.05, 3.63) is 11.1 Å². The first kappa shape index (κ1) is 11.2. The van der Waals surface area contributed by atoms with Crippen molar-refractivity contribution in [1.29, 1.82) is 0 Å². The fourth-order valence-corrected chi connectivity index (χ4v) is 3.33. The lowest BCUT2D eigenvalue weighted by molar-refractivity contribution is 0.562. The van der Waals surface area contributed by atoms with E-state index in [-0.39, 0.29) is 0 Å². The van der Waals surface area contributed by atoms with Crippen molar-refractivity contribution in [3.63, 3.8) is 0 Å². The van der Waals surface area contributed by atoms with Crippen LogP contribution in [0.5, 0.6) is 0 Å². The average Bonchev–Trinajstić information content (AvgIpc) is 2.87. The zero-order chi connectivity index (χ0) is 10.7. The lowest BCUT2D eigenvalue weighted by Crippen LogP contribution is -2.24. The molecule has 1 aliphatic rings. The first-order valence-electron chi connectivity index (χ1n) is 5.60. The summed E-state index contributed by atoms with van der Waals surface area (Å²) in [6.07, 6.45) is 4.80. The van der Waals surface area contributed by atoms with Crippen molar-refractivity contribution in [2.45, 2.75) is 38.6 Å². The molecule has 0 aliphatic heterocycles. The summed E-state index contributed by atoms with van der Waals surface area (Å²) in [5, 5.41) is 6.72. The number of aromatic nitrogens is 1. The van der Waals surface area contributed by atoms with Crippen LogP contribution >= 0.6 is 22.9 Å². The van der Waals surface area contributed by atoms with Gasteiger partial charge >= 0.3 is 0 Å². The number of aryl methyl sites for hydroxylation is 1. The van der Waals surface area contributed by atoms with Gasteiger partial charge in [0, 0.05) is 17.3 Å². The van der Waals surface area contributed by atoms with Crippen LogP contribution in [-0.4, -0.2) is 16.9 Å². The Kier molecular flexibility index (Phi) is 3.87. The van der Waals surface area contributed by atoms with Gasteiger partial charge in [0.25, 0.3) is 0 Å². The van der Waals surface area contributed by atoms with E-state index in [9.17, 15) is 0 Å². The molecule has 84 valence electrons. The topological polar surface area (TPSA) is 24.9 Å². The fourth-order valence-electron chi connectivity index (χ4n) is 2.11. The molecule has 0 aromatic carbocycles. The van der Waals surface area contributed by atoms with Gasteiger partial charge in [-0.2, -0.15) is 0 Å². The number of hydrogen-bond donors (Lipinski definition) is 1. The smallest absolute Gasteiger partial charge is 0.183 e. The van der Waals surface area contributed by atoms with Crippen LogP contribution in [0.15, 0.2) is 5.38 Å². The number of halogens is 1. The van der Waals surface area contributed by atoms with E-state index in [1.165, 1.54) is 25.0 Å². The van der Waals surface area contributed by atoms with E-state index in [4.69, 9.17) is 11.6 Å². The largest absolute Gasteiger partial charge is 0.358 e. The molecule has 1 aromatic rings. The van der Waals surface area contributed by atoms with Gasteiger partial charge in [-0.05, 0) is 25.2 Å². The fraction of sp³-hybridized carbons (Fsp3) is 0.727. The number of hydrogen-bond acceptors (Lipinski definition) is 3. The molecule has 1 aliphatic carbocycles. The number of thiazole rings is 1. The Hall–Kier alpha value is -0.280. The normalized spacial score (nSPS) is 25.7. The van der Waals surface area contributed by atoms with Gasteiger partial charge in [-0.3, -0.25) is 0 Å². The molecular weight excluding hydrogens is 228 g/mol. The SMILES string of the molecule is CCc1csc(NC2CCCC2CCl)n1. The Labute approximate surface area is 100 Å². The van der Waals surface area contributed by atoms with Crippen LogP contribution < -0.4 is 5.32 Å². The van der Waals surface area contributed by atoms with Gasteiger partial charge in [0.2, 0.25) is 0 Å². The highest BCUT2D eigenvalue weighted by Gasteiger charge is 2.26. The van der Waals surface area contributed by atoms with Crippen molar-refractivity contribution >= 4 is 28.1 Å². The van der Waals surface area contributed by atoms with E-state index in [0.29, 0.717) is 12.0 Å². The summed E-state index contributed by atoms with van der Waals surface area (Å²) in [6.45, 7) is 2.13. The number of nitrogens with one attached hydrogen (secondary N) is 1. The van der Waals surface area contributed by atoms with Crippen molar-refractivity contribution in [2.24, 2.45) is 5.92 Å². The lowest BCUT2D eigenvalue weighted by atomic mass is 10.1. The van der Waals surface area contributed by atoms with Crippen LogP contribution in [0, 0.1) is 5.92 Å². The minimum atomic E-state index is 0.540. The third-order valence-electron chi connectivity index (χ3n) is 3.08. The van der Waals surface area contributed by atoms with Crippen molar-refractivity contribution in [3.8, 4) is 0 Å². The molecule has 2 rings (SSSR count). The Morgan fingerprint density at radius 1 is 1.60 bits per heavy atom. The first-order valence-corrected chi connectivity index (χ1v) is 7.01. The molecule has 1 saturated carbocycles. The quantitative estimate of drug-likeness (QED) is 0.820. The highest BCUT2D eigenvalue weighted by Crippen LogP contribution is 2.30. The molecule has 0 radical (unpaired) electrons. The highest BCUT2D eigenvalue weighted by molar-refractivity contribution is 7.13. The Balaban J connectivity index is 1.95. The van der Waals surface area contributed by atoms with Crippen LogP contribution in [0.25, 0.3) is 0 Å². The van der Waals surface area contributed by atoms with Gasteiger partial charge in [-0.1, -0.05) is 13.3 Å². The summed E-state index contributed by atoms with van der Waals surface area (Å²) in [6, 6.07) is 0.540. The molecule has 2 unspecified atom stereocenters. The summed E-state index contributed by atoms with van der Waals surface area (Å²) in [5.74, 6) is 1.39. The summed E-state index contributed by atoms with van der Waals surface area (Å²) in [5.41, 5.74) is 1.18. The van der Waals surface area contributed by atoms with Gasteiger partial charge < -0.3 is 5.32 Å². The predicted octanol–water partition coefficient (Wildman–Crippen LogP) is 3.52. The third-order valence-corrected chi connectivity index (χ3v) is 4.30. The minimum absolute atomic E-state index is 0.540. The molecule has 1 N–H and O–H groups in total. The number of anilines is 1. The molecule has 1 heterocycles. The number of nitrogens with zero attached hydrogens (tertiary/aromatic N) is 1. The van der Waals surface area contributed by atoms with Gasteiger partial charge in [-0.15, -0.1) is 22.9 Å². The highest BCUT2D eigenvalue weighted by atomic mass is 35.5. The summed E-state index contributed by atoms with van der Waals surface area (Å²) in [4.78, 5) is 4.53. The Bertz CT molecular complexity index is 313. The second-order valence-corrected chi connectivity index (χ2v) is 5.26. The molecule has 4 heteroatoms. The summed E-state index contributed by atoms with van der Waals surface area (Å²) < 4.78 is 0. The average molecular weight is 245 g/mol. The molecule has 0 spiro atoms. The molecule has 15 heavy (non-hydrogen) atoms. The van der Waals surface area contributed by atoms with Crippen LogP contribution in [-0.2, 0) is 6.42 Å². The molecule has 0 saturated heterocycles. The van der Waals surface area contributed by atoms with Gasteiger partial charge in [0.1, 0.15) is 0 Å². The van der Waals surface area contributed by atoms with Gasteiger partial charge in [-0.25, -0.2) is 4.98 Å². The minimum Gasteiger partial charge on any atom is -0.358 e. The first-order chi connectivity index (χ1) is 7.33. The zero-order valence-electron chi connectivity index (χ0n) is 9.00. The monoisotopic (exact) mass is 244 g/mol. The molecule has 2 atom stereocenters. The predicted molar refractivity (Wildman–Crippen MR) is 67.0 cm³/mol. The van der Waals surface area contributed by atoms with Crippen molar-refractivity contribution < 1.29 is 0 Å². The van der Waals surface area contributed by atoms with Gasteiger partial charge in [0.15, 0.2) is 5.13 Å². The molecule has 0 bridgehead atoms. The summed E-state index contributed by atoms with van der Waals surface area (Å²) in [7, 11) is 0. The zero-order valence-corrected chi connectivity index (χ0v) is 10.6. The maximum Gasteiger partial charge on any atom is 0.183 e. The van der Waals surface area contributed by atoms with Gasteiger partial charge in [0.05, 0.1) is 5.69 Å². The van der Waals surface area contributed by atoms with Crippen LogP contribution in [0.3, 0.4) is 0 Å². The lowest BCUT2D eigenvalue weighted by Gasteiger charge is -2.17. The third kappa shape index (κ3) is 2.64. The standard InChI is InChI=1S/C11H17ClN2S/c1-2-9-7-15-11(13-9)14-10-5-3-4-8(10)6-12/h7-8,10H,2-6H2,1H3,(H,13,14). The maximum atomic E-state index is 5.94. The Morgan fingerprint density at radius 3 is 3.13 bits per heavy atom. The molecule has 0 amide bonds. The van der Waals surface area contributed by atoms with E-state index in [2.05, 4.69) is 22.6 Å². The van der Waals surface area contributed by atoms with E-state index >= 15 is 0 Å². The Morgan fingerprint density at radius 2 is 2.47 bits per heavy atom. The van der Waals surface area contributed by atoms with E-state index in [1.54, 1.807) is 11.3 Å². The van der Waals surface area contributed by atoms with Crippen molar-refractivity contribution in [1.82, 2.24) is 4.98 Å². The van der Waals surface area contributed by atoms with Crippen LogP contribution in [0.4, 0.5) is 5.13 Å². The van der Waals surface area contributed by atoms with E-state index in [1.807, 2.05) is 0 Å². The second-order valence-electron chi connectivity index (χ2n) is 4.09. The van der Waals surface area contributed by atoms with Crippen LogP contribution in [0.2, 0.25) is 0 Å². The second kappa shape index (κ2) is 5.17. The molecular formula is C11H17ClN2S. The number of alkyl halides is 1. The summed E-state index contributed by atoms with van der Waals surface area (Å²) >= 11 is 7.65. The maximum absolute atomic E-state index is 5.94.